The van der Waals surface area contributed by atoms with Crippen molar-refractivity contribution in [2.45, 2.75) is 45.2 Å². The molecule has 1 aromatic carbocycles. The Kier molecular flexibility index (Phi) is 4.78. The number of rotatable bonds is 5. The summed E-state index contributed by atoms with van der Waals surface area (Å²) >= 11 is 0. The van der Waals surface area contributed by atoms with Crippen LogP contribution in [0, 0.1) is 5.41 Å². The van der Waals surface area contributed by atoms with Gasteiger partial charge in [-0.2, -0.15) is 0 Å². The van der Waals surface area contributed by atoms with Crippen molar-refractivity contribution >= 4 is 0 Å². The van der Waals surface area contributed by atoms with Crippen LogP contribution in [0.15, 0.2) is 42.5 Å². The van der Waals surface area contributed by atoms with Crippen molar-refractivity contribution in [2.24, 2.45) is 5.41 Å². The molecular weight excluding hydrogens is 234 g/mol. The molecule has 2 nitrogen and oxygen atoms in total. The fourth-order valence-corrected chi connectivity index (χ4v) is 2.64. The number of hydrogen-bond acceptors (Lipinski definition) is 2. The maximum atomic E-state index is 9.25. The zero-order valence-electron chi connectivity index (χ0n) is 12.0. The van der Waals surface area contributed by atoms with Crippen LogP contribution in [-0.4, -0.2) is 17.8 Å². The fraction of sp³-hybridized carbons (Fsp3) is 0.529. The minimum atomic E-state index is 0.217. The quantitative estimate of drug-likeness (QED) is 0.794. The van der Waals surface area contributed by atoms with Gasteiger partial charge in [0.15, 0.2) is 0 Å². The molecule has 2 rings (SSSR count). The third-order valence-electron chi connectivity index (χ3n) is 3.91. The van der Waals surface area contributed by atoms with Gasteiger partial charge in [-0.05, 0) is 30.2 Å². The minimum Gasteiger partial charge on any atom is -0.396 e. The van der Waals surface area contributed by atoms with Crippen molar-refractivity contribution in [3.63, 3.8) is 0 Å². The Hall–Kier alpha value is -1.12. The molecule has 2 N–H and O–H groups in total. The summed E-state index contributed by atoms with van der Waals surface area (Å²) < 4.78 is 0. The van der Waals surface area contributed by atoms with Gasteiger partial charge in [0.1, 0.15) is 0 Å². The van der Waals surface area contributed by atoms with Crippen molar-refractivity contribution in [1.82, 2.24) is 5.32 Å². The first kappa shape index (κ1) is 14.3. The van der Waals surface area contributed by atoms with E-state index < -0.39 is 0 Å². The molecule has 19 heavy (non-hydrogen) atoms. The molecule has 0 saturated carbocycles. The second kappa shape index (κ2) is 6.36. The number of aliphatic hydroxyl groups is 1. The predicted octanol–water partition coefficient (Wildman–Crippen LogP) is 3.44. The van der Waals surface area contributed by atoms with Crippen molar-refractivity contribution in [3.8, 4) is 0 Å². The molecule has 0 heterocycles. The van der Waals surface area contributed by atoms with E-state index in [1.54, 1.807) is 0 Å². The van der Waals surface area contributed by atoms with E-state index in [4.69, 9.17) is 0 Å². The van der Waals surface area contributed by atoms with Gasteiger partial charge in [-0.15, -0.1) is 0 Å². The predicted molar refractivity (Wildman–Crippen MR) is 80.0 cm³/mol. The van der Waals surface area contributed by atoms with Gasteiger partial charge in [0, 0.05) is 18.7 Å². The second-order valence-corrected chi connectivity index (χ2v) is 6.14. The Morgan fingerprint density at radius 3 is 2.63 bits per heavy atom. The highest BCUT2D eigenvalue weighted by Gasteiger charge is 2.23. The molecule has 0 amide bonds. The molecule has 2 heteroatoms. The van der Waals surface area contributed by atoms with E-state index in [-0.39, 0.29) is 12.6 Å². The lowest BCUT2D eigenvalue weighted by Crippen LogP contribution is -2.35. The molecular formula is C17H25NO. The molecule has 0 radical (unpaired) electrons. The van der Waals surface area contributed by atoms with Crippen LogP contribution in [0.2, 0.25) is 0 Å². The molecule has 0 saturated heterocycles. The molecule has 0 aromatic heterocycles. The topological polar surface area (TPSA) is 32.3 Å². The summed E-state index contributed by atoms with van der Waals surface area (Å²) in [5.41, 5.74) is 1.59. The van der Waals surface area contributed by atoms with Crippen molar-refractivity contribution in [3.05, 3.63) is 48.0 Å². The first-order valence-electron chi connectivity index (χ1n) is 7.22. The Bertz CT molecular complexity index is 411. The van der Waals surface area contributed by atoms with Gasteiger partial charge in [0.2, 0.25) is 0 Å². The van der Waals surface area contributed by atoms with E-state index in [2.05, 4.69) is 55.6 Å². The third kappa shape index (κ3) is 4.19. The second-order valence-electron chi connectivity index (χ2n) is 6.14. The van der Waals surface area contributed by atoms with Gasteiger partial charge in [-0.3, -0.25) is 0 Å². The first-order chi connectivity index (χ1) is 9.11. The number of nitrogens with one attached hydrogen (secondary N) is 1. The van der Waals surface area contributed by atoms with Gasteiger partial charge < -0.3 is 10.4 Å². The molecule has 1 aliphatic carbocycles. The van der Waals surface area contributed by atoms with Crippen LogP contribution in [0.4, 0.5) is 0 Å². The lowest BCUT2D eigenvalue weighted by atomic mass is 9.81. The Labute approximate surface area is 116 Å². The van der Waals surface area contributed by atoms with Crippen LogP contribution in [-0.2, 0) is 0 Å². The van der Waals surface area contributed by atoms with E-state index in [0.717, 1.165) is 12.8 Å². The average molecular weight is 259 g/mol. The summed E-state index contributed by atoms with van der Waals surface area (Å²) in [6.07, 6.45) is 7.74. The maximum absolute atomic E-state index is 9.25. The standard InChI is InChI=1S/C17H25NO/c1-17(2)11-8-15(9-12-17)18-16(10-13-19)14-6-4-3-5-7-14/h3-8,11,15-16,18-19H,9-10,12-13H2,1-2H3/t15?,16-/m1/s1. The van der Waals surface area contributed by atoms with Crippen LogP contribution in [0.1, 0.15) is 44.7 Å². The molecule has 0 spiro atoms. The highest BCUT2D eigenvalue weighted by molar-refractivity contribution is 5.20. The Morgan fingerprint density at radius 2 is 2.05 bits per heavy atom. The van der Waals surface area contributed by atoms with E-state index in [1.165, 1.54) is 12.0 Å². The molecule has 0 fully saturated rings. The highest BCUT2D eigenvalue weighted by atomic mass is 16.3. The van der Waals surface area contributed by atoms with Crippen LogP contribution in [0.25, 0.3) is 0 Å². The number of allylic oxidation sites excluding steroid dienone is 1. The molecule has 1 aromatic rings. The van der Waals surface area contributed by atoms with Crippen molar-refractivity contribution in [2.75, 3.05) is 6.61 Å². The summed E-state index contributed by atoms with van der Waals surface area (Å²) in [7, 11) is 0. The lowest BCUT2D eigenvalue weighted by molar-refractivity contribution is 0.256. The molecule has 0 bridgehead atoms. The third-order valence-corrected chi connectivity index (χ3v) is 3.91. The van der Waals surface area contributed by atoms with E-state index in [9.17, 15) is 5.11 Å². The van der Waals surface area contributed by atoms with E-state index in [1.807, 2.05) is 6.07 Å². The highest BCUT2D eigenvalue weighted by Crippen LogP contribution is 2.30. The molecule has 104 valence electrons. The van der Waals surface area contributed by atoms with Gasteiger partial charge >= 0.3 is 0 Å². The normalized spacial score (nSPS) is 23.2. The number of aliphatic hydroxyl groups excluding tert-OH is 1. The van der Waals surface area contributed by atoms with Gasteiger partial charge in [0.25, 0.3) is 0 Å². The first-order valence-corrected chi connectivity index (χ1v) is 7.22. The van der Waals surface area contributed by atoms with Crippen LogP contribution < -0.4 is 5.32 Å². The Balaban J connectivity index is 2.02. The summed E-state index contributed by atoms with van der Waals surface area (Å²) in [4.78, 5) is 0. The lowest BCUT2D eigenvalue weighted by Gasteiger charge is -2.31. The maximum Gasteiger partial charge on any atom is 0.0449 e. The summed E-state index contributed by atoms with van der Waals surface area (Å²) in [6.45, 7) is 4.78. The zero-order valence-corrected chi connectivity index (χ0v) is 12.0. The van der Waals surface area contributed by atoms with E-state index >= 15 is 0 Å². The zero-order chi connectivity index (χ0) is 13.7. The summed E-state index contributed by atoms with van der Waals surface area (Å²) in [5.74, 6) is 0. The Morgan fingerprint density at radius 1 is 1.32 bits per heavy atom. The monoisotopic (exact) mass is 259 g/mol. The smallest absolute Gasteiger partial charge is 0.0449 e. The van der Waals surface area contributed by atoms with Crippen molar-refractivity contribution < 1.29 is 5.11 Å². The van der Waals surface area contributed by atoms with Crippen LogP contribution >= 0.6 is 0 Å². The van der Waals surface area contributed by atoms with E-state index in [0.29, 0.717) is 11.5 Å². The van der Waals surface area contributed by atoms with Crippen molar-refractivity contribution in [1.29, 1.82) is 0 Å². The van der Waals surface area contributed by atoms with Gasteiger partial charge in [-0.1, -0.05) is 56.3 Å². The van der Waals surface area contributed by atoms with Gasteiger partial charge in [-0.25, -0.2) is 0 Å². The SMILES string of the molecule is CC1(C)C=CC(N[C@H](CCO)c2ccccc2)CC1. The number of benzene rings is 1. The minimum absolute atomic E-state index is 0.217. The summed E-state index contributed by atoms with van der Waals surface area (Å²) in [6, 6.07) is 11.1. The molecule has 1 unspecified atom stereocenters. The van der Waals surface area contributed by atoms with Gasteiger partial charge in [0.05, 0.1) is 0 Å². The van der Waals surface area contributed by atoms with Crippen LogP contribution in [0.5, 0.6) is 0 Å². The number of hydrogen-bond donors (Lipinski definition) is 2. The average Bonchev–Trinajstić information content (AvgIpc) is 2.41. The molecule has 2 atom stereocenters. The van der Waals surface area contributed by atoms with Crippen LogP contribution in [0.3, 0.4) is 0 Å². The largest absolute Gasteiger partial charge is 0.396 e. The summed E-state index contributed by atoms with van der Waals surface area (Å²) in [5, 5.41) is 12.9. The molecule has 0 aliphatic heterocycles. The fourth-order valence-electron chi connectivity index (χ4n) is 2.64. The molecule has 1 aliphatic rings.